The van der Waals surface area contributed by atoms with Gasteiger partial charge in [-0.1, -0.05) is 0 Å². The molecule has 2 aliphatic rings. The van der Waals surface area contributed by atoms with Gasteiger partial charge in [0.1, 0.15) is 54.9 Å². The van der Waals surface area contributed by atoms with Crippen molar-refractivity contribution in [1.29, 1.82) is 0 Å². The molecule has 2 aliphatic heterocycles. The Bertz CT molecular complexity index is 330. The summed E-state index contributed by atoms with van der Waals surface area (Å²) >= 11 is 0. The van der Waals surface area contributed by atoms with Gasteiger partial charge >= 0.3 is 0 Å². The molecule has 0 aliphatic carbocycles. The summed E-state index contributed by atoms with van der Waals surface area (Å²) in [6.45, 7) is -1.34. The molecule has 0 aromatic heterocycles. The number of aliphatic hydroxyl groups excluding tert-OH is 8. The van der Waals surface area contributed by atoms with Gasteiger partial charge in [-0.2, -0.15) is 0 Å². The molecule has 0 bridgehead atoms. The average Bonchev–Trinajstić information content (AvgIpc) is 2.52. The highest BCUT2D eigenvalue weighted by Gasteiger charge is 2.54. The first-order valence-electron chi connectivity index (χ1n) is 6.82. The summed E-state index contributed by atoms with van der Waals surface area (Å²) in [4.78, 5) is 0. The topological polar surface area (TPSA) is 180 Å². The summed E-state index contributed by atoms with van der Waals surface area (Å²) in [6, 6.07) is 0. The average molecular weight is 325 g/mol. The van der Waals surface area contributed by atoms with Crippen LogP contribution < -0.4 is 0 Å². The molecule has 129 valence electrons. The Morgan fingerprint density at radius 2 is 1.23 bits per heavy atom. The molecule has 0 unspecified atom stereocenters. The summed E-state index contributed by atoms with van der Waals surface area (Å²) in [5, 5.41) is 77.0. The molecule has 9 atom stereocenters. The summed E-state index contributed by atoms with van der Waals surface area (Å²) in [7, 11) is 0. The standard InChI is InChI=1S/C12H21O10/c13-1-3-5(15)7(17)9(19)11(21-3)12-10(20)8(18)6(16)4(2-14)22-12/h3-11,13-20H,1-2H2/t3-,4-,5-,6+,7+,8+,9-,10-,11+/m1/s1. The number of hydrogen-bond acceptors (Lipinski definition) is 10. The Kier molecular flexibility index (Phi) is 5.72. The van der Waals surface area contributed by atoms with E-state index < -0.39 is 74.3 Å². The van der Waals surface area contributed by atoms with Crippen LogP contribution in [0.4, 0.5) is 0 Å². The quantitative estimate of drug-likeness (QED) is 0.250. The summed E-state index contributed by atoms with van der Waals surface area (Å²) in [5.74, 6) is 0. The predicted molar refractivity (Wildman–Crippen MR) is 67.0 cm³/mol. The highest BCUT2D eigenvalue weighted by molar-refractivity contribution is 5.11. The lowest BCUT2D eigenvalue weighted by atomic mass is 9.86. The molecule has 2 heterocycles. The predicted octanol–water partition coefficient (Wildman–Crippen LogP) is -5.17. The molecule has 10 nitrogen and oxygen atoms in total. The molecule has 1 radical (unpaired) electrons. The van der Waals surface area contributed by atoms with Crippen molar-refractivity contribution >= 4 is 0 Å². The van der Waals surface area contributed by atoms with Gasteiger partial charge in [0.2, 0.25) is 0 Å². The maximum atomic E-state index is 9.97. The second-order valence-corrected chi connectivity index (χ2v) is 5.42. The number of ether oxygens (including phenoxy) is 2. The van der Waals surface area contributed by atoms with Gasteiger partial charge in [0.15, 0.2) is 6.10 Å². The van der Waals surface area contributed by atoms with Crippen molar-refractivity contribution in [3.63, 3.8) is 0 Å². The molecule has 2 saturated heterocycles. The second-order valence-electron chi connectivity index (χ2n) is 5.42. The lowest BCUT2D eigenvalue weighted by Crippen LogP contribution is -2.65. The zero-order valence-electron chi connectivity index (χ0n) is 11.5. The minimum atomic E-state index is -1.75. The summed E-state index contributed by atoms with van der Waals surface area (Å²) in [5.41, 5.74) is 0. The van der Waals surface area contributed by atoms with E-state index in [0.717, 1.165) is 0 Å². The van der Waals surface area contributed by atoms with Crippen LogP contribution in [0.2, 0.25) is 0 Å². The first kappa shape index (κ1) is 17.9. The highest BCUT2D eigenvalue weighted by Crippen LogP contribution is 2.35. The van der Waals surface area contributed by atoms with Crippen LogP contribution in [0, 0.1) is 6.10 Å². The lowest BCUT2D eigenvalue weighted by Gasteiger charge is -2.47. The van der Waals surface area contributed by atoms with E-state index in [1.807, 2.05) is 0 Å². The fraction of sp³-hybridized carbons (Fsp3) is 0.917. The number of hydrogen-bond donors (Lipinski definition) is 8. The van der Waals surface area contributed by atoms with E-state index in [9.17, 15) is 30.6 Å². The van der Waals surface area contributed by atoms with Gasteiger partial charge in [0.05, 0.1) is 13.2 Å². The third-order valence-corrected chi connectivity index (χ3v) is 3.99. The zero-order valence-corrected chi connectivity index (χ0v) is 11.5. The third kappa shape index (κ3) is 2.99. The van der Waals surface area contributed by atoms with Gasteiger partial charge in [-0.05, 0) is 0 Å². The van der Waals surface area contributed by atoms with Crippen LogP contribution in [0.25, 0.3) is 0 Å². The van der Waals surface area contributed by atoms with E-state index in [2.05, 4.69) is 0 Å². The molecule has 22 heavy (non-hydrogen) atoms. The van der Waals surface area contributed by atoms with Crippen molar-refractivity contribution in [2.75, 3.05) is 13.2 Å². The Morgan fingerprint density at radius 3 is 1.77 bits per heavy atom. The fourth-order valence-electron chi connectivity index (χ4n) is 2.61. The van der Waals surface area contributed by atoms with Crippen LogP contribution in [0.15, 0.2) is 0 Å². The maximum absolute atomic E-state index is 9.97. The molecule has 8 N–H and O–H groups in total. The Balaban J connectivity index is 2.21. The minimum absolute atomic E-state index is 0.409. The van der Waals surface area contributed by atoms with Crippen LogP contribution in [0.5, 0.6) is 0 Å². The van der Waals surface area contributed by atoms with Crippen molar-refractivity contribution in [2.45, 2.75) is 54.9 Å². The monoisotopic (exact) mass is 325 g/mol. The van der Waals surface area contributed by atoms with Crippen LogP contribution in [-0.4, -0.2) is 109 Å². The van der Waals surface area contributed by atoms with Crippen molar-refractivity contribution in [2.24, 2.45) is 0 Å². The second kappa shape index (κ2) is 7.01. The molecule has 0 aromatic carbocycles. The molecule has 0 spiro atoms. The van der Waals surface area contributed by atoms with Crippen molar-refractivity contribution in [3.8, 4) is 0 Å². The van der Waals surface area contributed by atoms with Crippen LogP contribution >= 0.6 is 0 Å². The van der Waals surface area contributed by atoms with Crippen molar-refractivity contribution < 1.29 is 50.3 Å². The van der Waals surface area contributed by atoms with Crippen LogP contribution in [0.1, 0.15) is 0 Å². The molecule has 0 amide bonds. The summed E-state index contributed by atoms with van der Waals surface area (Å²) in [6.07, 6.45) is -14.3. The molecule has 2 rings (SSSR count). The van der Waals surface area contributed by atoms with Gasteiger partial charge in [-0.3, -0.25) is 0 Å². The molecule has 10 heteroatoms. The van der Waals surface area contributed by atoms with E-state index in [0.29, 0.717) is 0 Å². The normalized spacial score (nSPS) is 51.0. The van der Waals surface area contributed by atoms with E-state index in [1.54, 1.807) is 0 Å². The van der Waals surface area contributed by atoms with E-state index in [-0.39, 0.29) is 0 Å². The number of aliphatic hydroxyl groups is 8. The van der Waals surface area contributed by atoms with Gasteiger partial charge in [0.25, 0.3) is 0 Å². The van der Waals surface area contributed by atoms with E-state index >= 15 is 0 Å². The fourth-order valence-corrected chi connectivity index (χ4v) is 2.61. The van der Waals surface area contributed by atoms with Crippen LogP contribution in [0.3, 0.4) is 0 Å². The van der Waals surface area contributed by atoms with Gasteiger partial charge in [-0.25, -0.2) is 0 Å². The molecule has 2 fully saturated rings. The lowest BCUT2D eigenvalue weighted by molar-refractivity contribution is -0.269. The van der Waals surface area contributed by atoms with E-state index in [1.165, 1.54) is 0 Å². The Morgan fingerprint density at radius 1 is 0.682 bits per heavy atom. The first-order valence-corrected chi connectivity index (χ1v) is 6.82. The van der Waals surface area contributed by atoms with Gasteiger partial charge in [-0.15, -0.1) is 0 Å². The smallest absolute Gasteiger partial charge is 0.160 e. The highest BCUT2D eigenvalue weighted by atomic mass is 16.6. The van der Waals surface area contributed by atoms with Gasteiger partial charge in [0, 0.05) is 0 Å². The maximum Gasteiger partial charge on any atom is 0.160 e. The largest absolute Gasteiger partial charge is 0.394 e. The first-order chi connectivity index (χ1) is 10.3. The minimum Gasteiger partial charge on any atom is -0.394 e. The summed E-state index contributed by atoms with van der Waals surface area (Å²) < 4.78 is 10.4. The van der Waals surface area contributed by atoms with E-state index in [4.69, 9.17) is 19.7 Å². The molecule has 0 saturated carbocycles. The molecular formula is C12H21O10. The Labute approximate surface area is 125 Å². The van der Waals surface area contributed by atoms with Crippen LogP contribution in [-0.2, 0) is 9.47 Å². The van der Waals surface area contributed by atoms with Crippen molar-refractivity contribution in [3.05, 3.63) is 6.10 Å². The van der Waals surface area contributed by atoms with Crippen molar-refractivity contribution in [1.82, 2.24) is 0 Å². The Hall–Kier alpha value is -0.400. The number of rotatable bonds is 3. The zero-order chi connectivity index (χ0) is 16.6. The molecular weight excluding hydrogens is 304 g/mol. The molecule has 0 aromatic rings. The van der Waals surface area contributed by atoms with Gasteiger partial charge < -0.3 is 50.3 Å². The third-order valence-electron chi connectivity index (χ3n) is 3.99. The SMILES string of the molecule is OC[C@H]1O[C]([C@H]2O[C@H](CO)[C@@H](O)[C@H](O)[C@H]2O)[C@H](O)[C@@H](O)[C@H]1O.